The number of hydrogen-bond acceptors (Lipinski definition) is 3. The Morgan fingerprint density at radius 3 is 2.56 bits per heavy atom. The van der Waals surface area contributed by atoms with E-state index in [1.807, 2.05) is 0 Å². The molecule has 1 rings (SSSR count). The summed E-state index contributed by atoms with van der Waals surface area (Å²) in [4.78, 5) is 10.2. The second-order valence-corrected chi connectivity index (χ2v) is 5.14. The molecule has 0 fully saturated rings. The van der Waals surface area contributed by atoms with Gasteiger partial charge in [0.15, 0.2) is 5.75 Å². The Bertz CT molecular complexity index is 418. The van der Waals surface area contributed by atoms with Crippen LogP contribution in [0.2, 0.25) is 0 Å². The largest absolute Gasteiger partial charge is 0.502 e. The first-order chi connectivity index (χ1) is 8.43. The fraction of sp³-hybridized carbons (Fsp3) is 0.571. The predicted molar refractivity (Wildman–Crippen MR) is 71.7 cm³/mol. The molecule has 0 bridgehead atoms. The topological polar surface area (TPSA) is 63.4 Å². The molecule has 4 nitrogen and oxygen atoms in total. The quantitative estimate of drug-likeness (QED) is 0.615. The van der Waals surface area contributed by atoms with Crippen molar-refractivity contribution in [2.24, 2.45) is 11.8 Å². The average Bonchev–Trinajstić information content (AvgIpc) is 2.31. The molecule has 2 atom stereocenters. The smallest absolute Gasteiger partial charge is 0.310 e. The van der Waals surface area contributed by atoms with Gasteiger partial charge in [0.05, 0.1) is 4.92 Å². The summed E-state index contributed by atoms with van der Waals surface area (Å²) in [5.41, 5.74) is 0.707. The summed E-state index contributed by atoms with van der Waals surface area (Å²) in [5.74, 6) is 0.898. The van der Waals surface area contributed by atoms with Gasteiger partial charge in [-0.1, -0.05) is 33.3 Å². The van der Waals surface area contributed by atoms with Crippen molar-refractivity contribution in [1.82, 2.24) is 0 Å². The van der Waals surface area contributed by atoms with Crippen LogP contribution in [0.1, 0.15) is 39.2 Å². The van der Waals surface area contributed by atoms with Gasteiger partial charge in [0, 0.05) is 6.07 Å². The SMILES string of the molecule is CCC(C)C[C@@H](C)Cc1ccc(O)c([N+](=O)[O-])c1. The van der Waals surface area contributed by atoms with Crippen LogP contribution in [0.25, 0.3) is 0 Å². The van der Waals surface area contributed by atoms with Gasteiger partial charge >= 0.3 is 5.69 Å². The van der Waals surface area contributed by atoms with Crippen LogP contribution in [0.4, 0.5) is 5.69 Å². The summed E-state index contributed by atoms with van der Waals surface area (Å²) in [7, 11) is 0. The van der Waals surface area contributed by atoms with Gasteiger partial charge in [0.1, 0.15) is 0 Å². The van der Waals surface area contributed by atoms with Crippen LogP contribution >= 0.6 is 0 Å². The van der Waals surface area contributed by atoms with E-state index in [0.717, 1.165) is 24.8 Å². The molecule has 1 aromatic rings. The summed E-state index contributed by atoms with van der Waals surface area (Å²) in [6.45, 7) is 6.55. The number of phenols is 1. The van der Waals surface area contributed by atoms with Crippen LogP contribution in [0.5, 0.6) is 5.75 Å². The van der Waals surface area contributed by atoms with E-state index in [-0.39, 0.29) is 11.4 Å². The number of aromatic hydroxyl groups is 1. The molecule has 1 N–H and O–H groups in total. The van der Waals surface area contributed by atoms with E-state index in [9.17, 15) is 15.2 Å². The molecule has 18 heavy (non-hydrogen) atoms. The third kappa shape index (κ3) is 4.02. The minimum absolute atomic E-state index is 0.205. The van der Waals surface area contributed by atoms with Crippen LogP contribution < -0.4 is 0 Å². The first kappa shape index (κ1) is 14.5. The van der Waals surface area contributed by atoms with Gasteiger partial charge in [-0.25, -0.2) is 0 Å². The third-order valence-electron chi connectivity index (χ3n) is 3.32. The molecule has 0 amide bonds. The lowest BCUT2D eigenvalue weighted by molar-refractivity contribution is -0.385. The highest BCUT2D eigenvalue weighted by molar-refractivity contribution is 5.47. The number of benzene rings is 1. The van der Waals surface area contributed by atoms with Crippen molar-refractivity contribution in [3.05, 3.63) is 33.9 Å². The minimum atomic E-state index is -0.543. The van der Waals surface area contributed by atoms with Gasteiger partial charge in [-0.3, -0.25) is 10.1 Å². The maximum absolute atomic E-state index is 10.7. The van der Waals surface area contributed by atoms with E-state index in [1.165, 1.54) is 12.1 Å². The van der Waals surface area contributed by atoms with Crippen molar-refractivity contribution in [3.8, 4) is 5.75 Å². The maximum atomic E-state index is 10.7. The molecular weight excluding hydrogens is 230 g/mol. The van der Waals surface area contributed by atoms with Gasteiger partial charge in [-0.2, -0.15) is 0 Å². The number of nitro benzene ring substituents is 1. The van der Waals surface area contributed by atoms with Crippen molar-refractivity contribution in [2.45, 2.75) is 40.0 Å². The molecule has 0 saturated carbocycles. The Labute approximate surface area is 108 Å². The molecule has 0 aromatic heterocycles. The zero-order valence-corrected chi connectivity index (χ0v) is 11.2. The summed E-state index contributed by atoms with van der Waals surface area (Å²) < 4.78 is 0. The van der Waals surface area contributed by atoms with Gasteiger partial charge in [-0.05, 0) is 36.3 Å². The highest BCUT2D eigenvalue weighted by Gasteiger charge is 2.15. The van der Waals surface area contributed by atoms with Crippen LogP contribution in [0.15, 0.2) is 18.2 Å². The van der Waals surface area contributed by atoms with Crippen LogP contribution in [0, 0.1) is 22.0 Å². The number of hydrogen-bond donors (Lipinski definition) is 1. The fourth-order valence-electron chi connectivity index (χ4n) is 2.18. The Morgan fingerprint density at radius 1 is 1.33 bits per heavy atom. The van der Waals surface area contributed by atoms with Crippen molar-refractivity contribution < 1.29 is 10.0 Å². The van der Waals surface area contributed by atoms with E-state index in [4.69, 9.17) is 0 Å². The van der Waals surface area contributed by atoms with Crippen LogP contribution in [-0.2, 0) is 6.42 Å². The van der Waals surface area contributed by atoms with Gasteiger partial charge < -0.3 is 5.11 Å². The molecular formula is C14H21NO3. The lowest BCUT2D eigenvalue weighted by Crippen LogP contribution is -2.05. The first-order valence-electron chi connectivity index (χ1n) is 6.40. The third-order valence-corrected chi connectivity index (χ3v) is 3.32. The second kappa shape index (κ2) is 6.38. The average molecular weight is 251 g/mol. The van der Waals surface area contributed by atoms with Gasteiger partial charge in [-0.15, -0.1) is 0 Å². The summed E-state index contributed by atoms with van der Waals surface area (Å²) in [5, 5.41) is 20.1. The Kier molecular flexibility index (Phi) is 5.13. The van der Waals surface area contributed by atoms with Crippen molar-refractivity contribution in [1.29, 1.82) is 0 Å². The molecule has 0 saturated heterocycles. The lowest BCUT2D eigenvalue weighted by Gasteiger charge is -2.15. The Hall–Kier alpha value is -1.58. The molecule has 0 aliphatic rings. The molecule has 1 unspecified atom stereocenters. The molecule has 0 aliphatic carbocycles. The van der Waals surface area contributed by atoms with E-state index in [2.05, 4.69) is 20.8 Å². The minimum Gasteiger partial charge on any atom is -0.502 e. The van der Waals surface area contributed by atoms with E-state index >= 15 is 0 Å². The maximum Gasteiger partial charge on any atom is 0.310 e. The highest BCUT2D eigenvalue weighted by atomic mass is 16.6. The zero-order chi connectivity index (χ0) is 13.7. The summed E-state index contributed by atoms with van der Waals surface area (Å²) in [6, 6.07) is 4.64. The molecule has 1 aromatic carbocycles. The predicted octanol–water partition coefficient (Wildman–Crippen LogP) is 3.92. The molecule has 0 spiro atoms. The highest BCUT2D eigenvalue weighted by Crippen LogP contribution is 2.28. The van der Waals surface area contributed by atoms with Crippen molar-refractivity contribution >= 4 is 5.69 Å². The summed E-state index contributed by atoms with van der Waals surface area (Å²) in [6.07, 6.45) is 3.08. The molecule has 0 aliphatic heterocycles. The molecule has 4 heteroatoms. The summed E-state index contributed by atoms with van der Waals surface area (Å²) >= 11 is 0. The number of nitrogens with zero attached hydrogens (tertiary/aromatic N) is 1. The van der Waals surface area contributed by atoms with E-state index in [0.29, 0.717) is 11.8 Å². The molecule has 0 heterocycles. The zero-order valence-electron chi connectivity index (χ0n) is 11.2. The Morgan fingerprint density at radius 2 is 2.00 bits per heavy atom. The van der Waals surface area contributed by atoms with Gasteiger partial charge in [0.25, 0.3) is 0 Å². The number of phenolic OH excluding ortho intramolecular Hbond substituents is 1. The van der Waals surface area contributed by atoms with Crippen molar-refractivity contribution in [3.63, 3.8) is 0 Å². The van der Waals surface area contributed by atoms with E-state index in [1.54, 1.807) is 6.07 Å². The van der Waals surface area contributed by atoms with Crippen molar-refractivity contribution in [2.75, 3.05) is 0 Å². The second-order valence-electron chi connectivity index (χ2n) is 5.14. The van der Waals surface area contributed by atoms with Crippen LogP contribution in [0.3, 0.4) is 0 Å². The first-order valence-corrected chi connectivity index (χ1v) is 6.40. The van der Waals surface area contributed by atoms with Gasteiger partial charge in [0.2, 0.25) is 0 Å². The monoisotopic (exact) mass is 251 g/mol. The number of nitro groups is 1. The molecule has 0 radical (unpaired) electrons. The standard InChI is InChI=1S/C14H21NO3/c1-4-10(2)7-11(3)8-12-5-6-14(16)13(9-12)15(17)18/h5-6,9-11,16H,4,7-8H2,1-3H3/t10?,11-/m1/s1. The van der Waals surface area contributed by atoms with E-state index < -0.39 is 4.92 Å². The molecule has 100 valence electrons. The normalized spacial score (nSPS) is 14.2. The number of rotatable bonds is 6. The lowest BCUT2D eigenvalue weighted by atomic mass is 9.90. The fourth-order valence-corrected chi connectivity index (χ4v) is 2.18. The van der Waals surface area contributed by atoms with Crippen LogP contribution in [-0.4, -0.2) is 10.0 Å². The Balaban J connectivity index is 2.73.